The van der Waals surface area contributed by atoms with Crippen LogP contribution in [0.3, 0.4) is 0 Å². The van der Waals surface area contributed by atoms with Gasteiger partial charge >= 0.3 is 0 Å². The maximum absolute atomic E-state index is 5.47. The first-order valence-electron chi connectivity index (χ1n) is 6.86. The monoisotopic (exact) mass is 277 g/mol. The molecule has 0 unspecified atom stereocenters. The van der Waals surface area contributed by atoms with E-state index in [0.29, 0.717) is 11.4 Å². The van der Waals surface area contributed by atoms with Gasteiger partial charge in [-0.05, 0) is 36.8 Å². The zero-order valence-corrected chi connectivity index (χ0v) is 12.5. The summed E-state index contributed by atoms with van der Waals surface area (Å²) in [6.45, 7) is 6.25. The molecule has 1 saturated carbocycles. The van der Waals surface area contributed by atoms with Gasteiger partial charge in [0.2, 0.25) is 0 Å². The van der Waals surface area contributed by atoms with Crippen molar-refractivity contribution in [2.75, 3.05) is 19.4 Å². The Bertz CT molecular complexity index is 392. The lowest BCUT2D eigenvalue weighted by Gasteiger charge is -2.40. The number of rotatable bonds is 8. The summed E-state index contributed by atoms with van der Waals surface area (Å²) in [7, 11) is 0. The van der Waals surface area contributed by atoms with Crippen molar-refractivity contribution in [3.63, 3.8) is 0 Å². The normalized spacial score (nSPS) is 16.7. The van der Waals surface area contributed by atoms with Crippen LogP contribution in [0.5, 0.6) is 5.75 Å². The molecule has 0 aromatic heterocycles. The van der Waals surface area contributed by atoms with Gasteiger partial charge in [0.05, 0.1) is 0 Å². The zero-order valence-electron chi connectivity index (χ0n) is 11.7. The first kappa shape index (κ1) is 14.5. The van der Waals surface area contributed by atoms with Gasteiger partial charge in [-0.3, -0.25) is 0 Å². The molecule has 1 N–H and O–H groups in total. The summed E-state index contributed by atoms with van der Waals surface area (Å²) in [6.07, 6.45) is 8.09. The number of benzene rings is 1. The molecule has 1 aromatic rings. The Morgan fingerprint density at radius 3 is 2.63 bits per heavy atom. The van der Waals surface area contributed by atoms with Crippen molar-refractivity contribution < 1.29 is 4.74 Å². The Labute approximate surface area is 120 Å². The number of ether oxygens (including phenoxy) is 1. The number of nitrogens with one attached hydrogen (secondary N) is 1. The zero-order chi connectivity index (χ0) is 13.6. The summed E-state index contributed by atoms with van der Waals surface area (Å²) in [5, 5.41) is 3.58. The average Bonchev–Trinajstić information content (AvgIpc) is 2.41. The van der Waals surface area contributed by atoms with E-state index in [1.807, 2.05) is 23.9 Å². The summed E-state index contributed by atoms with van der Waals surface area (Å²) >= 11 is 2.01. The van der Waals surface area contributed by atoms with Gasteiger partial charge in [0.15, 0.2) is 0 Å². The summed E-state index contributed by atoms with van der Waals surface area (Å²) in [5.74, 6) is 0.906. The van der Waals surface area contributed by atoms with E-state index >= 15 is 0 Å². The van der Waals surface area contributed by atoms with Crippen molar-refractivity contribution in [1.29, 1.82) is 0 Å². The molecule has 0 atom stereocenters. The molecule has 0 amide bonds. The smallest absolute Gasteiger partial charge is 0.119 e. The summed E-state index contributed by atoms with van der Waals surface area (Å²) in [6, 6.07) is 8.29. The van der Waals surface area contributed by atoms with Crippen LogP contribution in [0.25, 0.3) is 0 Å². The largest absolute Gasteiger partial charge is 0.490 e. The molecule has 0 radical (unpaired) electrons. The highest BCUT2D eigenvalue weighted by molar-refractivity contribution is 8.00. The third-order valence-electron chi connectivity index (χ3n) is 3.77. The molecule has 19 heavy (non-hydrogen) atoms. The highest BCUT2D eigenvalue weighted by Crippen LogP contribution is 2.42. The van der Waals surface area contributed by atoms with Gasteiger partial charge in [0, 0.05) is 17.8 Å². The van der Waals surface area contributed by atoms with E-state index in [4.69, 9.17) is 4.74 Å². The van der Waals surface area contributed by atoms with Gasteiger partial charge in [0.25, 0.3) is 0 Å². The number of hydrogen-bond acceptors (Lipinski definition) is 3. The van der Waals surface area contributed by atoms with Crippen molar-refractivity contribution in [3.05, 3.63) is 42.5 Å². The van der Waals surface area contributed by atoms with Gasteiger partial charge in [-0.25, -0.2) is 0 Å². The third-order valence-corrected chi connectivity index (χ3v) is 5.18. The molecular weight excluding hydrogens is 254 g/mol. The van der Waals surface area contributed by atoms with Crippen LogP contribution in [0, 0.1) is 0 Å². The fraction of sp³-hybridized carbons (Fsp3) is 0.500. The van der Waals surface area contributed by atoms with Gasteiger partial charge in [-0.1, -0.05) is 31.2 Å². The highest BCUT2D eigenvalue weighted by Gasteiger charge is 2.35. The predicted octanol–water partition coefficient (Wildman–Crippen LogP) is 3.63. The minimum absolute atomic E-state index is 0.507. The van der Waals surface area contributed by atoms with Crippen molar-refractivity contribution in [1.82, 2.24) is 5.32 Å². The molecule has 104 valence electrons. The molecule has 2 nitrogen and oxygen atoms in total. The van der Waals surface area contributed by atoms with Crippen LogP contribution in [0.4, 0.5) is 0 Å². The van der Waals surface area contributed by atoms with Gasteiger partial charge < -0.3 is 10.1 Å². The maximum Gasteiger partial charge on any atom is 0.119 e. The molecule has 1 aliphatic rings. The van der Waals surface area contributed by atoms with Crippen LogP contribution in [0.1, 0.15) is 24.8 Å². The maximum atomic E-state index is 5.47. The lowest BCUT2D eigenvalue weighted by molar-refractivity contribution is 0.345. The molecule has 0 spiro atoms. The standard InChI is InChI=1S/C16H23NOS/c1-3-11-18-15-7-5-14(6-8-15)12-17-13-16(19-2)9-4-10-16/h3,5-8,17H,1,4,9-13H2,2H3. The van der Waals surface area contributed by atoms with Crippen molar-refractivity contribution in [2.45, 2.75) is 30.6 Å². The molecular formula is C16H23NOS. The topological polar surface area (TPSA) is 21.3 Å². The van der Waals surface area contributed by atoms with Crippen LogP contribution in [0.15, 0.2) is 36.9 Å². The molecule has 0 bridgehead atoms. The van der Waals surface area contributed by atoms with Crippen LogP contribution < -0.4 is 10.1 Å². The summed E-state index contributed by atoms with van der Waals surface area (Å²) in [5.41, 5.74) is 1.31. The lowest BCUT2D eigenvalue weighted by Crippen LogP contribution is -2.43. The van der Waals surface area contributed by atoms with Gasteiger partial charge in [-0.2, -0.15) is 11.8 Å². The second kappa shape index (κ2) is 7.01. The number of hydrogen-bond donors (Lipinski definition) is 1. The van der Waals surface area contributed by atoms with E-state index < -0.39 is 0 Å². The summed E-state index contributed by atoms with van der Waals surface area (Å²) < 4.78 is 5.98. The van der Waals surface area contributed by atoms with E-state index in [1.54, 1.807) is 6.08 Å². The van der Waals surface area contributed by atoms with Crippen LogP contribution >= 0.6 is 11.8 Å². The Morgan fingerprint density at radius 1 is 1.37 bits per heavy atom. The van der Waals surface area contributed by atoms with Crippen LogP contribution in [0.2, 0.25) is 0 Å². The average molecular weight is 277 g/mol. The quantitative estimate of drug-likeness (QED) is 0.733. The van der Waals surface area contributed by atoms with E-state index in [-0.39, 0.29) is 0 Å². The minimum atomic E-state index is 0.507. The molecule has 2 rings (SSSR count). The fourth-order valence-corrected chi connectivity index (χ4v) is 3.26. The molecule has 1 fully saturated rings. The Hall–Kier alpha value is -0.930. The SMILES string of the molecule is C=CCOc1ccc(CNCC2(SC)CCC2)cc1. The first-order chi connectivity index (χ1) is 9.28. The molecule has 0 saturated heterocycles. The predicted molar refractivity (Wildman–Crippen MR) is 83.9 cm³/mol. The molecule has 1 aliphatic carbocycles. The Balaban J connectivity index is 1.75. The van der Waals surface area contributed by atoms with Gasteiger partial charge in [-0.15, -0.1) is 0 Å². The Kier molecular flexibility index (Phi) is 5.34. The first-order valence-corrected chi connectivity index (χ1v) is 8.09. The van der Waals surface area contributed by atoms with Gasteiger partial charge in [0.1, 0.15) is 12.4 Å². The molecule has 0 aliphatic heterocycles. The Morgan fingerprint density at radius 2 is 2.11 bits per heavy atom. The van der Waals surface area contributed by atoms with E-state index in [1.165, 1.54) is 24.8 Å². The molecule has 0 heterocycles. The van der Waals surface area contributed by atoms with Crippen molar-refractivity contribution in [3.8, 4) is 5.75 Å². The van der Waals surface area contributed by atoms with Crippen molar-refractivity contribution >= 4 is 11.8 Å². The van der Waals surface area contributed by atoms with E-state index in [2.05, 4.69) is 30.3 Å². The van der Waals surface area contributed by atoms with E-state index in [9.17, 15) is 0 Å². The van der Waals surface area contributed by atoms with Crippen LogP contribution in [-0.2, 0) is 6.54 Å². The molecule has 1 aromatic carbocycles. The van der Waals surface area contributed by atoms with Crippen LogP contribution in [-0.4, -0.2) is 24.2 Å². The summed E-state index contributed by atoms with van der Waals surface area (Å²) in [4.78, 5) is 0. The second-order valence-electron chi connectivity index (χ2n) is 5.09. The lowest BCUT2D eigenvalue weighted by atomic mass is 9.84. The highest BCUT2D eigenvalue weighted by atomic mass is 32.2. The van der Waals surface area contributed by atoms with E-state index in [0.717, 1.165) is 18.8 Å². The van der Waals surface area contributed by atoms with Crippen molar-refractivity contribution in [2.24, 2.45) is 0 Å². The second-order valence-corrected chi connectivity index (χ2v) is 6.36. The third kappa shape index (κ3) is 4.02. The fourth-order valence-electron chi connectivity index (χ4n) is 2.32. The number of thioether (sulfide) groups is 1. The molecule has 3 heteroatoms. The minimum Gasteiger partial charge on any atom is -0.490 e.